The first kappa shape index (κ1) is 15.6. The van der Waals surface area contributed by atoms with Crippen molar-refractivity contribution in [1.82, 2.24) is 0 Å². The number of aryl methyl sites for hydroxylation is 1. The lowest BCUT2D eigenvalue weighted by atomic mass is 9.87. The molecule has 0 amide bonds. The summed E-state index contributed by atoms with van der Waals surface area (Å²) in [6.45, 7) is 0.420. The number of ether oxygens (including phenoxy) is 2. The molecule has 2 aromatic rings. The zero-order valence-corrected chi connectivity index (χ0v) is 13.2. The monoisotopic (exact) mass is 311 g/mol. The predicted octanol–water partition coefficient (Wildman–Crippen LogP) is 2.87. The van der Waals surface area contributed by atoms with Crippen molar-refractivity contribution in [2.75, 3.05) is 7.11 Å². The Morgan fingerprint density at radius 3 is 2.74 bits per heavy atom. The quantitative estimate of drug-likeness (QED) is 0.882. The number of rotatable bonds is 4. The van der Waals surface area contributed by atoms with Gasteiger partial charge in [0.2, 0.25) is 0 Å². The Kier molecular flexibility index (Phi) is 4.63. The molecule has 1 aliphatic carbocycles. The third kappa shape index (κ3) is 3.54. The van der Waals surface area contributed by atoms with Gasteiger partial charge in [-0.15, -0.1) is 0 Å². The number of hydrogen-bond donors (Lipinski definition) is 1. The minimum atomic E-state index is -0.380. The molecule has 1 atom stereocenters. The average molecular weight is 311 g/mol. The maximum atomic E-state index is 12.1. The van der Waals surface area contributed by atoms with Crippen LogP contribution in [0.1, 0.15) is 33.5 Å². The third-order valence-corrected chi connectivity index (χ3v) is 4.21. The fraction of sp³-hybridized carbons (Fsp3) is 0.316. The Morgan fingerprint density at radius 2 is 2.00 bits per heavy atom. The van der Waals surface area contributed by atoms with Crippen LogP contribution in [0.5, 0.6) is 5.75 Å². The van der Waals surface area contributed by atoms with E-state index >= 15 is 0 Å². The number of hydrogen-bond acceptors (Lipinski definition) is 4. The van der Waals surface area contributed by atoms with Crippen LogP contribution in [0, 0.1) is 0 Å². The van der Waals surface area contributed by atoms with Gasteiger partial charge in [0.25, 0.3) is 0 Å². The molecule has 0 aliphatic heterocycles. The standard InChI is InChI=1S/C19H21NO3/c1-22-19(21)17-10-15-9-16(20)8-7-14(15)11-18(17)23-12-13-5-3-2-4-6-13/h2-6,10-11,16H,7-9,12,20H2,1H3. The second-order valence-corrected chi connectivity index (χ2v) is 5.89. The van der Waals surface area contributed by atoms with E-state index in [9.17, 15) is 4.79 Å². The summed E-state index contributed by atoms with van der Waals surface area (Å²) in [5.74, 6) is 0.199. The maximum Gasteiger partial charge on any atom is 0.341 e. The summed E-state index contributed by atoms with van der Waals surface area (Å²) in [4.78, 5) is 12.1. The Hall–Kier alpha value is -2.33. The van der Waals surface area contributed by atoms with E-state index in [0.29, 0.717) is 17.9 Å². The molecule has 0 spiro atoms. The molecule has 0 radical (unpaired) electrons. The van der Waals surface area contributed by atoms with Crippen LogP contribution < -0.4 is 10.5 Å². The van der Waals surface area contributed by atoms with Gasteiger partial charge in [-0.05, 0) is 48.1 Å². The molecule has 0 saturated carbocycles. The molecule has 3 rings (SSSR count). The van der Waals surface area contributed by atoms with E-state index in [1.165, 1.54) is 12.7 Å². The van der Waals surface area contributed by atoms with Gasteiger partial charge in [0, 0.05) is 6.04 Å². The molecule has 1 aliphatic rings. The van der Waals surface area contributed by atoms with Crippen molar-refractivity contribution in [2.24, 2.45) is 5.73 Å². The highest BCUT2D eigenvalue weighted by molar-refractivity contribution is 5.93. The van der Waals surface area contributed by atoms with Gasteiger partial charge < -0.3 is 15.2 Å². The summed E-state index contributed by atoms with van der Waals surface area (Å²) in [5.41, 5.74) is 9.89. The van der Waals surface area contributed by atoms with Gasteiger partial charge in [-0.1, -0.05) is 30.3 Å². The van der Waals surface area contributed by atoms with Crippen LogP contribution in [-0.2, 0) is 24.2 Å². The number of benzene rings is 2. The third-order valence-electron chi connectivity index (χ3n) is 4.21. The largest absolute Gasteiger partial charge is 0.488 e. The van der Waals surface area contributed by atoms with Crippen LogP contribution in [0.4, 0.5) is 0 Å². The number of nitrogens with two attached hydrogens (primary N) is 1. The second kappa shape index (κ2) is 6.84. The number of carbonyl (C=O) groups is 1. The Morgan fingerprint density at radius 1 is 1.22 bits per heavy atom. The molecule has 2 aromatic carbocycles. The van der Waals surface area contributed by atoms with Crippen LogP contribution in [0.2, 0.25) is 0 Å². The van der Waals surface area contributed by atoms with Gasteiger partial charge in [-0.2, -0.15) is 0 Å². The van der Waals surface area contributed by atoms with Gasteiger partial charge in [0.1, 0.15) is 17.9 Å². The molecule has 120 valence electrons. The van der Waals surface area contributed by atoms with E-state index in [1.807, 2.05) is 42.5 Å². The molecule has 23 heavy (non-hydrogen) atoms. The first-order valence-electron chi connectivity index (χ1n) is 7.84. The minimum Gasteiger partial charge on any atom is -0.488 e. The molecule has 1 unspecified atom stereocenters. The van der Waals surface area contributed by atoms with E-state index in [-0.39, 0.29) is 12.0 Å². The summed E-state index contributed by atoms with van der Waals surface area (Å²) >= 11 is 0. The fourth-order valence-electron chi connectivity index (χ4n) is 2.94. The summed E-state index contributed by atoms with van der Waals surface area (Å²) in [7, 11) is 1.38. The predicted molar refractivity (Wildman–Crippen MR) is 88.6 cm³/mol. The van der Waals surface area contributed by atoms with Crippen molar-refractivity contribution in [2.45, 2.75) is 31.9 Å². The van der Waals surface area contributed by atoms with Gasteiger partial charge in [0.05, 0.1) is 7.11 Å². The van der Waals surface area contributed by atoms with E-state index in [1.54, 1.807) is 0 Å². The maximum absolute atomic E-state index is 12.1. The number of esters is 1. The Balaban J connectivity index is 1.89. The van der Waals surface area contributed by atoms with Gasteiger partial charge in [-0.3, -0.25) is 0 Å². The van der Waals surface area contributed by atoms with E-state index in [4.69, 9.17) is 15.2 Å². The van der Waals surface area contributed by atoms with E-state index < -0.39 is 0 Å². The second-order valence-electron chi connectivity index (χ2n) is 5.89. The molecular weight excluding hydrogens is 290 g/mol. The molecule has 0 heterocycles. The highest BCUT2D eigenvalue weighted by Crippen LogP contribution is 2.30. The molecule has 0 saturated heterocycles. The Bertz CT molecular complexity index is 697. The minimum absolute atomic E-state index is 0.157. The van der Waals surface area contributed by atoms with Gasteiger partial charge in [-0.25, -0.2) is 4.79 Å². The molecule has 4 nitrogen and oxygen atoms in total. The molecule has 4 heteroatoms. The van der Waals surface area contributed by atoms with Crippen LogP contribution in [-0.4, -0.2) is 19.1 Å². The SMILES string of the molecule is COC(=O)c1cc2c(cc1OCc1ccccc1)CCC(N)C2. The van der Waals surface area contributed by atoms with Crippen molar-refractivity contribution in [3.8, 4) is 5.75 Å². The van der Waals surface area contributed by atoms with Crippen molar-refractivity contribution >= 4 is 5.97 Å². The summed E-state index contributed by atoms with van der Waals surface area (Å²) < 4.78 is 10.8. The summed E-state index contributed by atoms with van der Waals surface area (Å²) in [6.07, 6.45) is 2.67. The van der Waals surface area contributed by atoms with Gasteiger partial charge >= 0.3 is 5.97 Å². The van der Waals surface area contributed by atoms with Crippen LogP contribution in [0.3, 0.4) is 0 Å². The number of carbonyl (C=O) groups excluding carboxylic acids is 1. The molecule has 0 bridgehead atoms. The zero-order valence-electron chi connectivity index (χ0n) is 13.2. The van der Waals surface area contributed by atoms with E-state index in [0.717, 1.165) is 30.4 Å². The summed E-state index contributed by atoms with van der Waals surface area (Å²) in [6, 6.07) is 13.9. The summed E-state index contributed by atoms with van der Waals surface area (Å²) in [5, 5.41) is 0. The lowest BCUT2D eigenvalue weighted by Gasteiger charge is -2.23. The van der Waals surface area contributed by atoms with Crippen molar-refractivity contribution in [3.63, 3.8) is 0 Å². The molecular formula is C19H21NO3. The van der Waals surface area contributed by atoms with Crippen LogP contribution in [0.25, 0.3) is 0 Å². The number of fused-ring (bicyclic) bond motifs is 1. The van der Waals surface area contributed by atoms with Crippen LogP contribution >= 0.6 is 0 Å². The normalized spacial score (nSPS) is 16.5. The zero-order chi connectivity index (χ0) is 16.2. The van der Waals surface area contributed by atoms with E-state index in [2.05, 4.69) is 0 Å². The lowest BCUT2D eigenvalue weighted by Crippen LogP contribution is -2.28. The lowest BCUT2D eigenvalue weighted by molar-refractivity contribution is 0.0595. The van der Waals surface area contributed by atoms with Gasteiger partial charge in [0.15, 0.2) is 0 Å². The molecule has 2 N–H and O–H groups in total. The topological polar surface area (TPSA) is 61.5 Å². The van der Waals surface area contributed by atoms with Crippen molar-refractivity contribution in [3.05, 3.63) is 64.7 Å². The fourth-order valence-corrected chi connectivity index (χ4v) is 2.94. The smallest absolute Gasteiger partial charge is 0.341 e. The first-order valence-corrected chi connectivity index (χ1v) is 7.84. The molecule has 0 fully saturated rings. The van der Waals surface area contributed by atoms with Crippen LogP contribution in [0.15, 0.2) is 42.5 Å². The molecule has 0 aromatic heterocycles. The highest BCUT2D eigenvalue weighted by atomic mass is 16.5. The Labute approximate surface area is 136 Å². The highest BCUT2D eigenvalue weighted by Gasteiger charge is 2.22. The average Bonchev–Trinajstić information content (AvgIpc) is 2.59. The number of methoxy groups -OCH3 is 1. The van der Waals surface area contributed by atoms with Crippen molar-refractivity contribution < 1.29 is 14.3 Å². The van der Waals surface area contributed by atoms with Crippen molar-refractivity contribution in [1.29, 1.82) is 0 Å². The first-order chi connectivity index (χ1) is 11.2.